The van der Waals surface area contributed by atoms with Gasteiger partial charge in [-0.1, -0.05) is 18.6 Å². The highest BCUT2D eigenvalue weighted by Crippen LogP contribution is 2.40. The van der Waals surface area contributed by atoms with Crippen molar-refractivity contribution in [2.45, 2.75) is 44.3 Å². The molecular formula is C15H19F4N. The van der Waals surface area contributed by atoms with Gasteiger partial charge in [0.1, 0.15) is 5.82 Å². The first kappa shape index (κ1) is 15.3. The van der Waals surface area contributed by atoms with Gasteiger partial charge in [0.05, 0.1) is 5.92 Å². The monoisotopic (exact) mass is 289 g/mol. The van der Waals surface area contributed by atoms with E-state index >= 15 is 0 Å². The van der Waals surface area contributed by atoms with Crippen LogP contribution in [0.4, 0.5) is 17.6 Å². The van der Waals surface area contributed by atoms with Crippen molar-refractivity contribution >= 4 is 0 Å². The van der Waals surface area contributed by atoms with E-state index < -0.39 is 12.1 Å². The van der Waals surface area contributed by atoms with Crippen LogP contribution in [-0.4, -0.2) is 12.2 Å². The Hall–Kier alpha value is -1.10. The molecule has 0 bridgehead atoms. The van der Waals surface area contributed by atoms with Gasteiger partial charge < -0.3 is 5.73 Å². The second-order valence-corrected chi connectivity index (χ2v) is 5.66. The lowest BCUT2D eigenvalue weighted by Gasteiger charge is -2.33. The van der Waals surface area contributed by atoms with E-state index in [-0.39, 0.29) is 30.6 Å². The second-order valence-electron chi connectivity index (χ2n) is 5.66. The topological polar surface area (TPSA) is 26.0 Å². The predicted molar refractivity (Wildman–Crippen MR) is 69.6 cm³/mol. The van der Waals surface area contributed by atoms with Crippen LogP contribution in [0.25, 0.3) is 0 Å². The van der Waals surface area contributed by atoms with Crippen LogP contribution in [0.5, 0.6) is 0 Å². The SMILES string of the molecule is NC(Cc1cccc(F)c1)C1CCCC(C(F)(F)F)C1. The maximum atomic E-state index is 13.1. The summed E-state index contributed by atoms with van der Waals surface area (Å²) < 4.78 is 51.4. The molecule has 2 rings (SSSR count). The number of alkyl halides is 3. The summed E-state index contributed by atoms with van der Waals surface area (Å²) in [5.74, 6) is -1.72. The molecule has 2 N–H and O–H groups in total. The number of benzene rings is 1. The Bertz CT molecular complexity index is 444. The molecule has 1 aromatic carbocycles. The van der Waals surface area contributed by atoms with E-state index in [4.69, 9.17) is 5.73 Å². The molecule has 1 aliphatic carbocycles. The third-order valence-corrected chi connectivity index (χ3v) is 4.14. The van der Waals surface area contributed by atoms with Gasteiger partial charge in [-0.25, -0.2) is 4.39 Å². The van der Waals surface area contributed by atoms with Gasteiger partial charge >= 0.3 is 6.18 Å². The van der Waals surface area contributed by atoms with Crippen LogP contribution >= 0.6 is 0 Å². The maximum absolute atomic E-state index is 13.1. The lowest BCUT2D eigenvalue weighted by Crippen LogP contribution is -2.38. The molecule has 0 radical (unpaired) electrons. The largest absolute Gasteiger partial charge is 0.391 e. The first-order chi connectivity index (χ1) is 9.36. The summed E-state index contributed by atoms with van der Waals surface area (Å²) in [6.45, 7) is 0. The van der Waals surface area contributed by atoms with E-state index in [2.05, 4.69) is 0 Å². The zero-order valence-corrected chi connectivity index (χ0v) is 11.2. The highest BCUT2D eigenvalue weighted by atomic mass is 19.4. The van der Waals surface area contributed by atoms with Crippen LogP contribution in [0, 0.1) is 17.7 Å². The molecule has 1 saturated carbocycles. The number of hydrogen-bond donors (Lipinski definition) is 1. The van der Waals surface area contributed by atoms with Crippen molar-refractivity contribution in [1.82, 2.24) is 0 Å². The second kappa shape index (κ2) is 6.12. The van der Waals surface area contributed by atoms with Crippen molar-refractivity contribution in [2.75, 3.05) is 0 Å². The van der Waals surface area contributed by atoms with Crippen molar-refractivity contribution in [2.24, 2.45) is 17.6 Å². The first-order valence-electron chi connectivity index (χ1n) is 6.93. The van der Waals surface area contributed by atoms with Gasteiger partial charge in [0, 0.05) is 6.04 Å². The fourth-order valence-corrected chi connectivity index (χ4v) is 3.02. The van der Waals surface area contributed by atoms with Crippen molar-refractivity contribution < 1.29 is 17.6 Å². The van der Waals surface area contributed by atoms with Gasteiger partial charge in [0.2, 0.25) is 0 Å². The van der Waals surface area contributed by atoms with E-state index in [0.717, 1.165) is 12.0 Å². The summed E-state index contributed by atoms with van der Waals surface area (Å²) in [6, 6.07) is 5.74. The summed E-state index contributed by atoms with van der Waals surface area (Å²) in [7, 11) is 0. The molecule has 1 aromatic rings. The fourth-order valence-electron chi connectivity index (χ4n) is 3.02. The van der Waals surface area contributed by atoms with Crippen LogP contribution in [0.1, 0.15) is 31.2 Å². The molecule has 0 aliphatic heterocycles. The average Bonchev–Trinajstić information content (AvgIpc) is 2.38. The Balaban J connectivity index is 1.97. The fraction of sp³-hybridized carbons (Fsp3) is 0.600. The summed E-state index contributed by atoms with van der Waals surface area (Å²) in [6.07, 6.45) is -2.12. The summed E-state index contributed by atoms with van der Waals surface area (Å²) in [5, 5.41) is 0. The minimum Gasteiger partial charge on any atom is -0.327 e. The highest BCUT2D eigenvalue weighted by molar-refractivity contribution is 5.17. The van der Waals surface area contributed by atoms with E-state index in [1.54, 1.807) is 12.1 Å². The van der Waals surface area contributed by atoms with Crippen molar-refractivity contribution in [1.29, 1.82) is 0 Å². The third-order valence-electron chi connectivity index (χ3n) is 4.14. The summed E-state index contributed by atoms with van der Waals surface area (Å²) in [5.41, 5.74) is 6.79. The zero-order chi connectivity index (χ0) is 14.8. The molecule has 0 spiro atoms. The van der Waals surface area contributed by atoms with Gasteiger partial charge in [-0.3, -0.25) is 0 Å². The van der Waals surface area contributed by atoms with Crippen molar-refractivity contribution in [3.8, 4) is 0 Å². The molecule has 0 aromatic heterocycles. The van der Waals surface area contributed by atoms with E-state index in [1.165, 1.54) is 12.1 Å². The Morgan fingerprint density at radius 1 is 1.25 bits per heavy atom. The van der Waals surface area contributed by atoms with Crippen LogP contribution in [0.2, 0.25) is 0 Å². The normalized spacial score (nSPS) is 25.4. The standard InChI is InChI=1S/C15H19F4N/c16-13-6-1-3-10(7-13)8-14(20)11-4-2-5-12(9-11)15(17,18)19/h1,3,6-7,11-12,14H,2,4-5,8-9,20H2. The molecule has 3 atom stereocenters. The zero-order valence-electron chi connectivity index (χ0n) is 11.2. The van der Waals surface area contributed by atoms with Crippen molar-refractivity contribution in [3.05, 3.63) is 35.6 Å². The molecule has 0 amide bonds. The smallest absolute Gasteiger partial charge is 0.327 e. The van der Waals surface area contributed by atoms with Gasteiger partial charge in [-0.2, -0.15) is 13.2 Å². The molecule has 0 saturated heterocycles. The Morgan fingerprint density at radius 3 is 2.65 bits per heavy atom. The summed E-state index contributed by atoms with van der Waals surface area (Å²) >= 11 is 0. The molecular weight excluding hydrogens is 270 g/mol. The van der Waals surface area contributed by atoms with Gasteiger partial charge in [-0.05, 0) is 49.3 Å². The van der Waals surface area contributed by atoms with E-state index in [9.17, 15) is 17.6 Å². The number of nitrogens with two attached hydrogens (primary N) is 1. The quantitative estimate of drug-likeness (QED) is 0.834. The van der Waals surface area contributed by atoms with Crippen LogP contribution in [0.3, 0.4) is 0 Å². The first-order valence-corrected chi connectivity index (χ1v) is 6.93. The lowest BCUT2D eigenvalue weighted by molar-refractivity contribution is -0.186. The van der Waals surface area contributed by atoms with Crippen molar-refractivity contribution in [3.63, 3.8) is 0 Å². The maximum Gasteiger partial charge on any atom is 0.391 e. The van der Waals surface area contributed by atoms with Gasteiger partial charge in [-0.15, -0.1) is 0 Å². The Morgan fingerprint density at radius 2 is 2.00 bits per heavy atom. The highest BCUT2D eigenvalue weighted by Gasteiger charge is 2.43. The molecule has 3 unspecified atom stereocenters. The average molecular weight is 289 g/mol. The third kappa shape index (κ3) is 3.95. The molecule has 112 valence electrons. The minimum absolute atomic E-state index is 0.0972. The minimum atomic E-state index is -4.13. The van der Waals surface area contributed by atoms with Gasteiger partial charge in [0.15, 0.2) is 0 Å². The van der Waals surface area contributed by atoms with E-state index in [0.29, 0.717) is 12.8 Å². The van der Waals surface area contributed by atoms with Crippen LogP contribution in [0.15, 0.2) is 24.3 Å². The Kier molecular flexibility index (Phi) is 4.68. The molecule has 20 heavy (non-hydrogen) atoms. The van der Waals surface area contributed by atoms with E-state index in [1.807, 2.05) is 0 Å². The number of rotatable bonds is 3. The molecule has 5 heteroatoms. The Labute approximate surface area is 116 Å². The van der Waals surface area contributed by atoms with Crippen LogP contribution in [-0.2, 0) is 6.42 Å². The van der Waals surface area contributed by atoms with Crippen LogP contribution < -0.4 is 5.73 Å². The lowest BCUT2D eigenvalue weighted by atomic mass is 9.76. The van der Waals surface area contributed by atoms with Gasteiger partial charge in [0.25, 0.3) is 0 Å². The summed E-state index contributed by atoms with van der Waals surface area (Å²) in [4.78, 5) is 0. The molecule has 1 nitrogen and oxygen atoms in total. The number of hydrogen-bond acceptors (Lipinski definition) is 1. The predicted octanol–water partition coefficient (Wildman–Crippen LogP) is 4.06. The molecule has 0 heterocycles. The molecule has 1 aliphatic rings. The number of halogens is 4. The molecule has 1 fully saturated rings.